The molecule has 2 atom stereocenters. The van der Waals surface area contributed by atoms with E-state index in [1.807, 2.05) is 11.8 Å². The van der Waals surface area contributed by atoms with E-state index >= 15 is 0 Å². The quantitative estimate of drug-likeness (QED) is 0.697. The molecular weight excluding hydrogens is 398 g/mol. The summed E-state index contributed by atoms with van der Waals surface area (Å²) >= 11 is 0. The first kappa shape index (κ1) is 23.1. The van der Waals surface area contributed by atoms with Crippen LogP contribution in [0.4, 0.5) is 0 Å². The van der Waals surface area contributed by atoms with Gasteiger partial charge in [-0.3, -0.25) is 4.79 Å². The molecule has 0 aromatic heterocycles. The molecule has 2 saturated heterocycles. The second kappa shape index (κ2) is 10.6. The van der Waals surface area contributed by atoms with Gasteiger partial charge in [-0.05, 0) is 69.7 Å². The van der Waals surface area contributed by atoms with Gasteiger partial charge in [0.05, 0.1) is 4.90 Å². The maximum Gasteiger partial charge on any atom is 0.240 e. The number of amides is 1. The minimum atomic E-state index is -3.50. The van der Waals surface area contributed by atoms with E-state index in [0.717, 1.165) is 50.9 Å². The third kappa shape index (κ3) is 6.44. The van der Waals surface area contributed by atoms with Crippen LogP contribution in [-0.4, -0.2) is 51.9 Å². The van der Waals surface area contributed by atoms with Crippen molar-refractivity contribution in [3.8, 4) is 0 Å². The van der Waals surface area contributed by atoms with Gasteiger partial charge in [-0.2, -0.15) is 0 Å². The summed E-state index contributed by atoms with van der Waals surface area (Å²) in [5, 5.41) is 3.34. The van der Waals surface area contributed by atoms with E-state index in [1.54, 1.807) is 24.3 Å². The van der Waals surface area contributed by atoms with E-state index in [9.17, 15) is 13.2 Å². The Labute approximate surface area is 174 Å². The number of halogens is 1. The van der Waals surface area contributed by atoms with Crippen molar-refractivity contribution in [2.24, 2.45) is 11.8 Å². The molecule has 0 spiro atoms. The number of carbonyl (C=O) groups excluding carboxylic acids is 1. The lowest BCUT2D eigenvalue weighted by Crippen LogP contribution is -2.43. The lowest BCUT2D eigenvalue weighted by atomic mass is 9.97. The highest BCUT2D eigenvalue weighted by Crippen LogP contribution is 2.20. The number of carbonyl (C=O) groups is 1. The standard InChI is InChI=1S/C20H31N3O3S.ClH/c1-16-4-7-19(8-5-16)27(25,26)22-14-18-3-2-12-23(15-18)20(24)9-6-17-10-11-21-13-17;/h4-5,7-8,17-18,21-22H,2-3,6,9-15H2,1H3;1H. The number of rotatable bonds is 7. The van der Waals surface area contributed by atoms with Crippen molar-refractivity contribution in [2.45, 2.75) is 43.9 Å². The fourth-order valence-electron chi connectivity index (χ4n) is 3.93. The molecule has 158 valence electrons. The van der Waals surface area contributed by atoms with Gasteiger partial charge < -0.3 is 10.2 Å². The molecule has 2 unspecified atom stereocenters. The van der Waals surface area contributed by atoms with Gasteiger partial charge in [-0.15, -0.1) is 12.4 Å². The van der Waals surface area contributed by atoms with Crippen molar-refractivity contribution < 1.29 is 13.2 Å². The molecule has 2 aliphatic rings. The molecule has 2 fully saturated rings. The summed E-state index contributed by atoms with van der Waals surface area (Å²) in [6.07, 6.45) is 4.61. The lowest BCUT2D eigenvalue weighted by Gasteiger charge is -2.33. The van der Waals surface area contributed by atoms with E-state index in [-0.39, 0.29) is 24.2 Å². The Morgan fingerprint density at radius 2 is 1.96 bits per heavy atom. The largest absolute Gasteiger partial charge is 0.342 e. The Morgan fingerprint density at radius 3 is 2.64 bits per heavy atom. The third-order valence-corrected chi connectivity index (χ3v) is 7.13. The number of nitrogens with zero attached hydrogens (tertiary/aromatic N) is 1. The molecule has 3 rings (SSSR count). The summed E-state index contributed by atoms with van der Waals surface area (Å²) in [6.45, 7) is 5.84. The van der Waals surface area contributed by atoms with Crippen LogP contribution in [0.1, 0.15) is 37.7 Å². The normalized spacial score (nSPS) is 22.7. The highest BCUT2D eigenvalue weighted by molar-refractivity contribution is 7.89. The Balaban J connectivity index is 0.00000280. The van der Waals surface area contributed by atoms with Crippen LogP contribution in [0.2, 0.25) is 0 Å². The van der Waals surface area contributed by atoms with Crippen LogP contribution < -0.4 is 10.0 Å². The monoisotopic (exact) mass is 429 g/mol. The fourth-order valence-corrected chi connectivity index (χ4v) is 5.05. The van der Waals surface area contributed by atoms with E-state index in [4.69, 9.17) is 0 Å². The van der Waals surface area contributed by atoms with Gasteiger partial charge in [0.1, 0.15) is 0 Å². The van der Waals surface area contributed by atoms with E-state index in [2.05, 4.69) is 10.0 Å². The second-order valence-corrected chi connectivity index (χ2v) is 9.68. The van der Waals surface area contributed by atoms with Crippen molar-refractivity contribution in [3.05, 3.63) is 29.8 Å². The average Bonchev–Trinajstić information content (AvgIpc) is 3.19. The molecular formula is C20H32ClN3O3S. The zero-order valence-electron chi connectivity index (χ0n) is 16.5. The van der Waals surface area contributed by atoms with Crippen molar-refractivity contribution in [1.29, 1.82) is 0 Å². The van der Waals surface area contributed by atoms with Crippen LogP contribution in [0.15, 0.2) is 29.2 Å². The molecule has 1 aromatic rings. The number of likely N-dealkylation sites (tertiary alicyclic amines) is 1. The van der Waals surface area contributed by atoms with Crippen LogP contribution in [-0.2, 0) is 14.8 Å². The molecule has 0 saturated carbocycles. The fraction of sp³-hybridized carbons (Fsp3) is 0.650. The Kier molecular flexibility index (Phi) is 8.74. The van der Waals surface area contributed by atoms with E-state index in [0.29, 0.717) is 30.3 Å². The molecule has 0 aliphatic carbocycles. The third-order valence-electron chi connectivity index (χ3n) is 5.69. The van der Waals surface area contributed by atoms with Gasteiger partial charge in [-0.1, -0.05) is 17.7 Å². The molecule has 1 aromatic carbocycles. The molecule has 6 nitrogen and oxygen atoms in total. The summed E-state index contributed by atoms with van der Waals surface area (Å²) in [4.78, 5) is 14.7. The molecule has 1 amide bonds. The molecule has 8 heteroatoms. The van der Waals surface area contributed by atoms with Crippen molar-refractivity contribution >= 4 is 28.3 Å². The van der Waals surface area contributed by atoms with Crippen LogP contribution >= 0.6 is 12.4 Å². The number of benzene rings is 1. The van der Waals surface area contributed by atoms with Gasteiger partial charge in [0.2, 0.25) is 15.9 Å². The molecule has 2 heterocycles. The molecule has 0 bridgehead atoms. The maximum atomic E-state index is 12.5. The highest BCUT2D eigenvalue weighted by atomic mass is 35.5. The van der Waals surface area contributed by atoms with Crippen LogP contribution in [0.5, 0.6) is 0 Å². The second-order valence-electron chi connectivity index (χ2n) is 7.91. The van der Waals surface area contributed by atoms with Crippen LogP contribution in [0, 0.1) is 18.8 Å². The van der Waals surface area contributed by atoms with Crippen molar-refractivity contribution in [2.75, 3.05) is 32.7 Å². The SMILES string of the molecule is Cc1ccc(S(=O)(=O)NCC2CCCN(C(=O)CCC3CCNC3)C2)cc1.Cl. The zero-order chi connectivity index (χ0) is 19.3. The number of sulfonamides is 1. The molecule has 28 heavy (non-hydrogen) atoms. The predicted octanol–water partition coefficient (Wildman–Crippen LogP) is 2.32. The first-order chi connectivity index (χ1) is 12.9. The maximum absolute atomic E-state index is 12.5. The smallest absolute Gasteiger partial charge is 0.240 e. The van der Waals surface area contributed by atoms with Gasteiger partial charge >= 0.3 is 0 Å². The zero-order valence-corrected chi connectivity index (χ0v) is 18.2. The summed E-state index contributed by atoms with van der Waals surface area (Å²) in [6, 6.07) is 6.86. The Bertz CT molecular complexity index is 734. The Hall–Kier alpha value is -1.15. The number of piperidine rings is 1. The van der Waals surface area contributed by atoms with E-state index in [1.165, 1.54) is 0 Å². The van der Waals surface area contributed by atoms with Crippen LogP contribution in [0.25, 0.3) is 0 Å². The average molecular weight is 430 g/mol. The van der Waals surface area contributed by atoms with Crippen LogP contribution in [0.3, 0.4) is 0 Å². The molecule has 2 aliphatic heterocycles. The minimum Gasteiger partial charge on any atom is -0.342 e. The minimum absolute atomic E-state index is 0. The first-order valence-corrected chi connectivity index (χ1v) is 11.5. The van der Waals surface area contributed by atoms with Gasteiger partial charge in [-0.25, -0.2) is 13.1 Å². The Morgan fingerprint density at radius 1 is 1.21 bits per heavy atom. The summed E-state index contributed by atoms with van der Waals surface area (Å²) in [7, 11) is -3.50. The predicted molar refractivity (Wildman–Crippen MR) is 113 cm³/mol. The van der Waals surface area contributed by atoms with Gasteiger partial charge in [0.15, 0.2) is 0 Å². The topological polar surface area (TPSA) is 78.5 Å². The number of hydrogen-bond acceptors (Lipinski definition) is 4. The summed E-state index contributed by atoms with van der Waals surface area (Å²) in [5.41, 5.74) is 1.03. The van der Waals surface area contributed by atoms with Crippen molar-refractivity contribution in [3.63, 3.8) is 0 Å². The van der Waals surface area contributed by atoms with Crippen molar-refractivity contribution in [1.82, 2.24) is 14.9 Å². The highest BCUT2D eigenvalue weighted by Gasteiger charge is 2.26. The molecule has 2 N–H and O–H groups in total. The number of aryl methyl sites for hydroxylation is 1. The van der Waals surface area contributed by atoms with Gasteiger partial charge in [0.25, 0.3) is 0 Å². The summed E-state index contributed by atoms with van der Waals surface area (Å²) < 4.78 is 27.6. The van der Waals surface area contributed by atoms with E-state index < -0.39 is 10.0 Å². The van der Waals surface area contributed by atoms with Gasteiger partial charge in [0, 0.05) is 26.1 Å². The lowest BCUT2D eigenvalue weighted by molar-refractivity contribution is -0.133. The first-order valence-electron chi connectivity index (χ1n) is 9.99. The summed E-state index contributed by atoms with van der Waals surface area (Å²) in [5.74, 6) is 1.01. The number of hydrogen-bond donors (Lipinski definition) is 2. The number of nitrogens with one attached hydrogen (secondary N) is 2. The molecule has 0 radical (unpaired) electrons.